The van der Waals surface area contributed by atoms with Gasteiger partial charge in [0.1, 0.15) is 12.0 Å². The Balaban J connectivity index is 1.57. The van der Waals surface area contributed by atoms with Crippen LogP contribution < -0.4 is 10.6 Å². The summed E-state index contributed by atoms with van der Waals surface area (Å²) in [6, 6.07) is 7.80. The number of hydrogen-bond donors (Lipinski definition) is 3. The monoisotopic (exact) mass is 402 g/mol. The molecule has 0 aliphatic heterocycles. The molecule has 4 aromatic heterocycles. The van der Waals surface area contributed by atoms with Crippen LogP contribution in [0.25, 0.3) is 33.8 Å². The number of carbonyl (C=O) groups excluding carboxylic acids is 1. The van der Waals surface area contributed by atoms with Gasteiger partial charge in [0.15, 0.2) is 11.6 Å². The molecule has 9 nitrogen and oxygen atoms in total. The summed E-state index contributed by atoms with van der Waals surface area (Å²) in [7, 11) is 3.72. The molecule has 5 rings (SSSR count). The van der Waals surface area contributed by atoms with Crippen molar-refractivity contribution < 1.29 is 4.79 Å². The average Bonchev–Trinajstić information content (AvgIpc) is 3.36. The van der Waals surface area contributed by atoms with Gasteiger partial charge in [0.25, 0.3) is 0 Å². The molecule has 1 aliphatic rings. The number of nitrogens with one attached hydrogen (secondary N) is 3. The second-order valence-corrected chi connectivity index (χ2v) is 7.55. The maximum Gasteiger partial charge on any atom is 0.228 e. The summed E-state index contributed by atoms with van der Waals surface area (Å²) in [5.74, 6) is 1.26. The molecule has 3 N–H and O–H groups in total. The predicted molar refractivity (Wildman–Crippen MR) is 113 cm³/mol. The predicted octanol–water partition coefficient (Wildman–Crippen LogP) is 2.49. The summed E-state index contributed by atoms with van der Waals surface area (Å²) in [5.41, 5.74) is 4.15. The van der Waals surface area contributed by atoms with Crippen molar-refractivity contribution in [3.05, 3.63) is 42.4 Å². The molecule has 1 saturated carbocycles. The molecule has 30 heavy (non-hydrogen) atoms. The maximum atomic E-state index is 12.3. The molecule has 0 spiro atoms. The number of aromatic nitrogens is 6. The Hall–Kier alpha value is -3.59. The van der Waals surface area contributed by atoms with Gasteiger partial charge in [0.05, 0.1) is 16.9 Å². The number of fused-ring (bicyclic) bond motifs is 1. The number of carbonyl (C=O) groups is 1. The molecule has 0 radical (unpaired) electrons. The summed E-state index contributed by atoms with van der Waals surface area (Å²) in [4.78, 5) is 29.2. The smallest absolute Gasteiger partial charge is 0.228 e. The van der Waals surface area contributed by atoms with Crippen molar-refractivity contribution in [1.29, 1.82) is 0 Å². The molecular formula is C21H22N8O. The van der Waals surface area contributed by atoms with Crippen molar-refractivity contribution in [3.63, 3.8) is 0 Å². The standard InChI is InChI=1S/C21H22N8O/c1-22-9-13-10-23-20(27-21(30)12-6-7-12)18-14(13)8-17(26-18)15-4-3-5-16(25-15)19-24-11-29(2)28-19/h3-5,8,10-12,22,26H,6-7,9H2,1-2H3,(H,23,27,30). The van der Waals surface area contributed by atoms with Gasteiger partial charge in [-0.05, 0) is 43.7 Å². The third-order valence-corrected chi connectivity index (χ3v) is 5.16. The Bertz CT molecular complexity index is 1240. The molecule has 1 amide bonds. The lowest BCUT2D eigenvalue weighted by Crippen LogP contribution is -2.15. The van der Waals surface area contributed by atoms with E-state index in [0.29, 0.717) is 23.9 Å². The SMILES string of the molecule is CNCc1cnc(NC(=O)C2CC2)c2[nH]c(-c3cccc(-c4ncn(C)n4)n3)cc12. The highest BCUT2D eigenvalue weighted by atomic mass is 16.2. The van der Waals surface area contributed by atoms with Crippen LogP contribution in [-0.2, 0) is 18.4 Å². The van der Waals surface area contributed by atoms with Gasteiger partial charge in [-0.15, -0.1) is 5.10 Å². The Kier molecular flexibility index (Phi) is 4.51. The van der Waals surface area contributed by atoms with Gasteiger partial charge < -0.3 is 15.6 Å². The van der Waals surface area contributed by atoms with E-state index in [1.165, 1.54) is 0 Å². The first-order valence-corrected chi connectivity index (χ1v) is 9.92. The van der Waals surface area contributed by atoms with Crippen LogP contribution in [0.3, 0.4) is 0 Å². The van der Waals surface area contributed by atoms with E-state index in [1.807, 2.05) is 32.3 Å². The lowest BCUT2D eigenvalue weighted by atomic mass is 10.1. The summed E-state index contributed by atoms with van der Waals surface area (Å²) < 4.78 is 1.65. The molecule has 4 aromatic rings. The average molecular weight is 402 g/mol. The minimum Gasteiger partial charge on any atom is -0.350 e. The van der Waals surface area contributed by atoms with Gasteiger partial charge >= 0.3 is 0 Å². The second kappa shape index (κ2) is 7.34. The third-order valence-electron chi connectivity index (χ3n) is 5.16. The maximum absolute atomic E-state index is 12.3. The molecule has 0 bridgehead atoms. The number of nitrogens with zero attached hydrogens (tertiary/aromatic N) is 5. The van der Waals surface area contributed by atoms with Gasteiger partial charge in [-0.25, -0.2) is 15.0 Å². The van der Waals surface area contributed by atoms with Crippen LogP contribution in [0.1, 0.15) is 18.4 Å². The number of rotatable bonds is 6. The Morgan fingerprint density at radius 3 is 2.83 bits per heavy atom. The molecule has 0 saturated heterocycles. The minimum absolute atomic E-state index is 0.0302. The molecule has 152 valence electrons. The van der Waals surface area contributed by atoms with Crippen LogP contribution in [0.15, 0.2) is 36.8 Å². The Morgan fingerprint density at radius 2 is 2.10 bits per heavy atom. The molecule has 0 atom stereocenters. The zero-order chi connectivity index (χ0) is 20.7. The van der Waals surface area contributed by atoms with Crippen molar-refractivity contribution in [1.82, 2.24) is 35.0 Å². The lowest BCUT2D eigenvalue weighted by Gasteiger charge is -2.08. The summed E-state index contributed by atoms with van der Waals surface area (Å²) in [6.07, 6.45) is 5.35. The first kappa shape index (κ1) is 18.4. The van der Waals surface area contributed by atoms with Gasteiger partial charge in [-0.2, -0.15) is 0 Å². The van der Waals surface area contributed by atoms with Crippen molar-refractivity contribution in [2.75, 3.05) is 12.4 Å². The van der Waals surface area contributed by atoms with Gasteiger partial charge in [0.2, 0.25) is 5.91 Å². The number of anilines is 1. The number of aryl methyl sites for hydroxylation is 1. The summed E-state index contributed by atoms with van der Waals surface area (Å²) >= 11 is 0. The first-order valence-electron chi connectivity index (χ1n) is 9.92. The van der Waals surface area contributed by atoms with Crippen molar-refractivity contribution in [2.24, 2.45) is 13.0 Å². The molecule has 9 heteroatoms. The van der Waals surface area contributed by atoms with Gasteiger partial charge in [-0.3, -0.25) is 9.48 Å². The molecule has 1 aliphatic carbocycles. The summed E-state index contributed by atoms with van der Waals surface area (Å²) in [5, 5.41) is 11.5. The topological polar surface area (TPSA) is 113 Å². The molecule has 0 aromatic carbocycles. The molecule has 1 fully saturated rings. The van der Waals surface area contributed by atoms with Crippen LogP contribution in [0.2, 0.25) is 0 Å². The number of aromatic amines is 1. The first-order chi connectivity index (χ1) is 14.6. The van der Waals surface area contributed by atoms with E-state index >= 15 is 0 Å². The highest BCUT2D eigenvalue weighted by molar-refractivity contribution is 6.02. The van der Waals surface area contributed by atoms with E-state index in [9.17, 15) is 4.79 Å². The van der Waals surface area contributed by atoms with Crippen LogP contribution in [0, 0.1) is 5.92 Å². The second-order valence-electron chi connectivity index (χ2n) is 7.55. The molecular weight excluding hydrogens is 380 g/mol. The van der Waals surface area contributed by atoms with Crippen molar-refractivity contribution in [2.45, 2.75) is 19.4 Å². The zero-order valence-electron chi connectivity index (χ0n) is 16.8. The fourth-order valence-electron chi connectivity index (χ4n) is 3.47. The number of hydrogen-bond acceptors (Lipinski definition) is 6. The van der Waals surface area contributed by atoms with E-state index in [-0.39, 0.29) is 11.8 Å². The van der Waals surface area contributed by atoms with Crippen molar-refractivity contribution >= 4 is 22.6 Å². The van der Waals surface area contributed by atoms with Crippen LogP contribution in [0.4, 0.5) is 5.82 Å². The van der Waals surface area contributed by atoms with Crippen LogP contribution in [0.5, 0.6) is 0 Å². The summed E-state index contributed by atoms with van der Waals surface area (Å²) in [6.45, 7) is 0.670. The van der Waals surface area contributed by atoms with Crippen molar-refractivity contribution in [3.8, 4) is 22.9 Å². The van der Waals surface area contributed by atoms with Gasteiger partial charge in [-0.1, -0.05) is 6.07 Å². The minimum atomic E-state index is 0.0302. The fraction of sp³-hybridized carbons (Fsp3) is 0.286. The largest absolute Gasteiger partial charge is 0.350 e. The van der Waals surface area contributed by atoms with Gasteiger partial charge in [0, 0.05) is 31.1 Å². The van der Waals surface area contributed by atoms with E-state index in [2.05, 4.69) is 36.8 Å². The van der Waals surface area contributed by atoms with E-state index < -0.39 is 0 Å². The number of H-pyrrole nitrogens is 1. The number of amides is 1. The highest BCUT2D eigenvalue weighted by Crippen LogP contribution is 2.33. The van der Waals surface area contributed by atoms with E-state index in [1.54, 1.807) is 17.2 Å². The van der Waals surface area contributed by atoms with Crippen LogP contribution in [-0.4, -0.2) is 42.7 Å². The third kappa shape index (κ3) is 3.43. The number of pyridine rings is 2. The Labute approximate surface area is 173 Å². The van der Waals surface area contributed by atoms with Crippen LogP contribution >= 0.6 is 0 Å². The Morgan fingerprint density at radius 1 is 1.27 bits per heavy atom. The molecule has 4 heterocycles. The van der Waals surface area contributed by atoms with E-state index in [4.69, 9.17) is 4.98 Å². The highest BCUT2D eigenvalue weighted by Gasteiger charge is 2.30. The molecule has 0 unspecified atom stereocenters. The fourth-order valence-corrected chi connectivity index (χ4v) is 3.47. The van der Waals surface area contributed by atoms with E-state index in [0.717, 1.165) is 40.7 Å². The lowest BCUT2D eigenvalue weighted by molar-refractivity contribution is -0.117. The zero-order valence-corrected chi connectivity index (χ0v) is 16.8. The normalized spacial score (nSPS) is 13.7. The quantitative estimate of drug-likeness (QED) is 0.457.